The molecule has 0 fully saturated rings. The van der Waals surface area contributed by atoms with Crippen LogP contribution >= 0.6 is 11.3 Å². The Hall–Kier alpha value is -1.63. The van der Waals surface area contributed by atoms with Crippen molar-refractivity contribution in [2.45, 2.75) is 20.4 Å². The summed E-state index contributed by atoms with van der Waals surface area (Å²) in [5.41, 5.74) is 1.70. The molecule has 0 aromatic carbocycles. The van der Waals surface area contributed by atoms with E-state index >= 15 is 0 Å². The van der Waals surface area contributed by atoms with Gasteiger partial charge in [0.15, 0.2) is 0 Å². The van der Waals surface area contributed by atoms with E-state index in [0.717, 1.165) is 4.88 Å². The Labute approximate surface area is 110 Å². The van der Waals surface area contributed by atoms with E-state index < -0.39 is 11.9 Å². The highest BCUT2D eigenvalue weighted by atomic mass is 32.1. The van der Waals surface area contributed by atoms with Crippen LogP contribution in [0, 0.1) is 5.92 Å². The van der Waals surface area contributed by atoms with Gasteiger partial charge in [-0.05, 0) is 6.92 Å². The van der Waals surface area contributed by atoms with E-state index in [4.69, 9.17) is 5.11 Å². The lowest BCUT2D eigenvalue weighted by Gasteiger charge is -2.23. The molecule has 0 radical (unpaired) electrons. The first-order chi connectivity index (χ1) is 8.54. The third-order valence-corrected chi connectivity index (χ3v) is 3.26. The lowest BCUT2D eigenvalue weighted by atomic mass is 10.2. The van der Waals surface area contributed by atoms with Crippen LogP contribution in [0.4, 0.5) is 4.79 Å². The molecule has 0 spiro atoms. The zero-order valence-electron chi connectivity index (χ0n) is 10.4. The number of rotatable bonds is 6. The van der Waals surface area contributed by atoms with Gasteiger partial charge in [-0.25, -0.2) is 4.79 Å². The van der Waals surface area contributed by atoms with Crippen molar-refractivity contribution in [3.63, 3.8) is 0 Å². The minimum atomic E-state index is -0.899. The smallest absolute Gasteiger partial charge is 0.317 e. The van der Waals surface area contributed by atoms with Crippen LogP contribution in [0.5, 0.6) is 0 Å². The summed E-state index contributed by atoms with van der Waals surface area (Å²) in [6.07, 6.45) is 1.70. The Morgan fingerprint density at radius 2 is 2.33 bits per heavy atom. The summed E-state index contributed by atoms with van der Waals surface area (Å²) in [5, 5.41) is 11.6. The van der Waals surface area contributed by atoms with Crippen LogP contribution in [-0.4, -0.2) is 40.1 Å². The van der Waals surface area contributed by atoms with Crippen LogP contribution in [0.15, 0.2) is 11.7 Å². The standard InChI is InChI=1S/C11H17N3O3S/c1-3-14(6-8(2)10(15)16)11(17)13-5-9-4-12-7-18-9/h4,7-8H,3,5-6H2,1-2H3,(H,13,17)(H,15,16). The van der Waals surface area contributed by atoms with Crippen molar-refractivity contribution in [3.05, 3.63) is 16.6 Å². The fourth-order valence-corrected chi connectivity index (χ4v) is 1.90. The van der Waals surface area contributed by atoms with Gasteiger partial charge in [-0.15, -0.1) is 11.3 Å². The van der Waals surface area contributed by atoms with E-state index in [-0.39, 0.29) is 12.6 Å². The number of aliphatic carboxylic acids is 1. The number of amides is 2. The number of carboxylic acid groups (broad SMARTS) is 1. The van der Waals surface area contributed by atoms with Gasteiger partial charge < -0.3 is 15.3 Å². The molecular weight excluding hydrogens is 254 g/mol. The lowest BCUT2D eigenvalue weighted by molar-refractivity contribution is -0.141. The average molecular weight is 271 g/mol. The van der Waals surface area contributed by atoms with Crippen LogP contribution in [0.25, 0.3) is 0 Å². The van der Waals surface area contributed by atoms with E-state index in [2.05, 4.69) is 10.3 Å². The van der Waals surface area contributed by atoms with Crippen LogP contribution in [-0.2, 0) is 11.3 Å². The normalized spacial score (nSPS) is 11.9. The van der Waals surface area contributed by atoms with Crippen LogP contribution in [0.3, 0.4) is 0 Å². The molecule has 1 aromatic heterocycles. The first-order valence-electron chi connectivity index (χ1n) is 5.67. The first-order valence-corrected chi connectivity index (χ1v) is 6.55. The SMILES string of the molecule is CCN(CC(C)C(=O)O)C(=O)NCc1cncs1. The van der Waals surface area contributed by atoms with Gasteiger partial charge in [-0.1, -0.05) is 6.92 Å². The quantitative estimate of drug-likeness (QED) is 0.819. The van der Waals surface area contributed by atoms with Crippen molar-refractivity contribution in [2.24, 2.45) is 5.92 Å². The summed E-state index contributed by atoms with van der Waals surface area (Å²) in [5.74, 6) is -1.47. The van der Waals surface area contributed by atoms with Gasteiger partial charge >= 0.3 is 12.0 Å². The molecule has 1 unspecified atom stereocenters. The molecule has 1 aromatic rings. The number of hydrogen-bond acceptors (Lipinski definition) is 4. The average Bonchev–Trinajstić information content (AvgIpc) is 2.85. The molecule has 0 bridgehead atoms. The molecule has 0 saturated carbocycles. The highest BCUT2D eigenvalue weighted by Gasteiger charge is 2.18. The molecule has 18 heavy (non-hydrogen) atoms. The van der Waals surface area contributed by atoms with Gasteiger partial charge in [0.1, 0.15) is 0 Å². The fourth-order valence-electron chi connectivity index (χ4n) is 1.37. The van der Waals surface area contributed by atoms with Gasteiger partial charge in [0, 0.05) is 24.2 Å². The number of nitrogens with zero attached hydrogens (tertiary/aromatic N) is 2. The molecule has 6 nitrogen and oxygen atoms in total. The molecule has 0 aliphatic carbocycles. The van der Waals surface area contributed by atoms with Crippen molar-refractivity contribution < 1.29 is 14.7 Å². The zero-order valence-corrected chi connectivity index (χ0v) is 11.2. The van der Waals surface area contributed by atoms with Crippen LogP contribution < -0.4 is 5.32 Å². The lowest BCUT2D eigenvalue weighted by Crippen LogP contribution is -2.42. The summed E-state index contributed by atoms with van der Waals surface area (Å²) in [6, 6.07) is -0.251. The van der Waals surface area contributed by atoms with Gasteiger partial charge in [0.25, 0.3) is 0 Å². The molecule has 2 amide bonds. The molecular formula is C11H17N3O3S. The van der Waals surface area contributed by atoms with E-state index in [1.54, 1.807) is 18.6 Å². The van der Waals surface area contributed by atoms with Crippen molar-refractivity contribution in [3.8, 4) is 0 Å². The highest BCUT2D eigenvalue weighted by molar-refractivity contribution is 7.09. The Kier molecular flexibility index (Phi) is 5.57. The minimum absolute atomic E-state index is 0.209. The Morgan fingerprint density at radius 1 is 1.61 bits per heavy atom. The summed E-state index contributed by atoms with van der Waals surface area (Å²) >= 11 is 1.46. The molecule has 0 saturated heterocycles. The van der Waals surface area contributed by atoms with Gasteiger partial charge in [-0.3, -0.25) is 9.78 Å². The minimum Gasteiger partial charge on any atom is -0.481 e. The number of carbonyl (C=O) groups is 2. The molecule has 0 aliphatic heterocycles. The zero-order chi connectivity index (χ0) is 13.5. The molecule has 7 heteroatoms. The predicted octanol–water partition coefficient (Wildman–Crippen LogP) is 1.40. The predicted molar refractivity (Wildman–Crippen MR) is 68.4 cm³/mol. The van der Waals surface area contributed by atoms with E-state index in [9.17, 15) is 9.59 Å². The number of carbonyl (C=O) groups excluding carboxylic acids is 1. The number of urea groups is 1. The molecule has 0 aliphatic rings. The van der Waals surface area contributed by atoms with Crippen molar-refractivity contribution in [2.75, 3.05) is 13.1 Å². The number of carboxylic acids is 1. The number of nitrogens with one attached hydrogen (secondary N) is 1. The Balaban J connectivity index is 2.44. The van der Waals surface area contributed by atoms with Crippen LogP contribution in [0.2, 0.25) is 0 Å². The maximum absolute atomic E-state index is 11.8. The highest BCUT2D eigenvalue weighted by Crippen LogP contribution is 2.05. The van der Waals surface area contributed by atoms with Gasteiger partial charge in [0.05, 0.1) is 18.0 Å². The number of hydrogen-bond donors (Lipinski definition) is 2. The largest absolute Gasteiger partial charge is 0.481 e. The van der Waals surface area contributed by atoms with E-state index in [0.29, 0.717) is 13.1 Å². The van der Waals surface area contributed by atoms with E-state index in [1.165, 1.54) is 16.2 Å². The second-order valence-electron chi connectivity index (χ2n) is 3.90. The van der Waals surface area contributed by atoms with Crippen molar-refractivity contribution in [1.82, 2.24) is 15.2 Å². The second kappa shape index (κ2) is 6.95. The first kappa shape index (κ1) is 14.4. The summed E-state index contributed by atoms with van der Waals surface area (Å²) < 4.78 is 0. The van der Waals surface area contributed by atoms with E-state index in [1.807, 2.05) is 6.92 Å². The summed E-state index contributed by atoms with van der Waals surface area (Å²) in [7, 11) is 0. The fraction of sp³-hybridized carbons (Fsp3) is 0.545. The summed E-state index contributed by atoms with van der Waals surface area (Å²) in [6.45, 7) is 4.51. The molecule has 1 atom stereocenters. The molecule has 1 heterocycles. The maximum Gasteiger partial charge on any atom is 0.317 e. The molecule has 2 N–H and O–H groups in total. The topological polar surface area (TPSA) is 82.5 Å². The van der Waals surface area contributed by atoms with Gasteiger partial charge in [-0.2, -0.15) is 0 Å². The monoisotopic (exact) mass is 271 g/mol. The van der Waals surface area contributed by atoms with Crippen LogP contribution in [0.1, 0.15) is 18.7 Å². The Bertz CT molecular complexity index is 394. The van der Waals surface area contributed by atoms with Crippen molar-refractivity contribution in [1.29, 1.82) is 0 Å². The molecule has 100 valence electrons. The second-order valence-corrected chi connectivity index (χ2v) is 4.88. The third-order valence-electron chi connectivity index (χ3n) is 2.48. The molecule has 1 rings (SSSR count). The Morgan fingerprint density at radius 3 is 2.83 bits per heavy atom. The maximum atomic E-state index is 11.8. The van der Waals surface area contributed by atoms with Crippen molar-refractivity contribution >= 4 is 23.3 Å². The van der Waals surface area contributed by atoms with Gasteiger partial charge in [0.2, 0.25) is 0 Å². The number of thiazole rings is 1. The summed E-state index contributed by atoms with van der Waals surface area (Å²) in [4.78, 5) is 28.9. The third kappa shape index (κ3) is 4.33. The number of aromatic nitrogens is 1.